The summed E-state index contributed by atoms with van der Waals surface area (Å²) in [4.78, 5) is 50.8. The Hall–Kier alpha value is -3.12. The number of amides is 2. The molecule has 0 unspecified atom stereocenters. The molecule has 10 nitrogen and oxygen atoms in total. The average Bonchev–Trinajstić information content (AvgIpc) is 3.22. The standard InChI is InChI=1S/C21H23N3O7S.FH/c1-10-12(31-20(28)30-10)9-29-19(27)15-21(2,3)32-18-14(17(26)24(15)18)23-16(25)13(22)11-7-5-4-6-8-11;/h4-8,13-15,18H,9,22H2,1-3H3,(H,23,25);1H/t13-,14-,15+,18-;/m1./s1. The molecule has 2 saturated heterocycles. The van der Waals surface area contributed by atoms with Crippen LogP contribution in [0.15, 0.2) is 44.0 Å². The minimum Gasteiger partial charge on any atom is -0.456 e. The SMILES string of the molecule is Cc1oc(=O)oc1COC(=O)[C@@H]1N2C(=O)[C@@H](NC(=O)[C@H](N)c3ccccc3)[C@H]2SC1(C)C.F. The van der Waals surface area contributed by atoms with Crippen molar-refractivity contribution < 1.29 is 32.7 Å². The molecule has 178 valence electrons. The fourth-order valence-electron chi connectivity index (χ4n) is 3.90. The highest BCUT2D eigenvalue weighted by atomic mass is 32.2. The van der Waals surface area contributed by atoms with Gasteiger partial charge < -0.3 is 29.5 Å². The molecule has 12 heteroatoms. The van der Waals surface area contributed by atoms with Gasteiger partial charge in [-0.05, 0) is 26.3 Å². The Bertz CT molecular complexity index is 1120. The molecule has 2 fully saturated rings. The minimum absolute atomic E-state index is 0. The fraction of sp³-hybridized carbons (Fsp3) is 0.429. The van der Waals surface area contributed by atoms with E-state index in [2.05, 4.69) is 5.32 Å². The van der Waals surface area contributed by atoms with E-state index >= 15 is 0 Å². The lowest BCUT2D eigenvalue weighted by Crippen LogP contribution is -2.71. The van der Waals surface area contributed by atoms with Crippen LogP contribution in [0, 0.1) is 6.92 Å². The van der Waals surface area contributed by atoms with Crippen LogP contribution < -0.4 is 16.9 Å². The number of nitrogens with one attached hydrogen (secondary N) is 1. The van der Waals surface area contributed by atoms with Crippen LogP contribution in [0.25, 0.3) is 0 Å². The fourth-order valence-corrected chi connectivity index (χ4v) is 5.52. The summed E-state index contributed by atoms with van der Waals surface area (Å²) in [6.07, 6.45) is 0. The van der Waals surface area contributed by atoms with Gasteiger partial charge in [-0.3, -0.25) is 14.3 Å². The van der Waals surface area contributed by atoms with E-state index in [0.717, 1.165) is 0 Å². The highest BCUT2D eigenvalue weighted by molar-refractivity contribution is 8.01. The molecule has 33 heavy (non-hydrogen) atoms. The highest BCUT2D eigenvalue weighted by Gasteiger charge is 2.64. The predicted octanol–water partition coefficient (Wildman–Crippen LogP) is 0.984. The third-order valence-corrected chi connectivity index (χ3v) is 7.16. The van der Waals surface area contributed by atoms with E-state index < -0.39 is 45.9 Å². The van der Waals surface area contributed by atoms with Crippen LogP contribution in [-0.4, -0.2) is 44.9 Å². The number of nitrogens with zero attached hydrogens (tertiary/aromatic N) is 1. The lowest BCUT2D eigenvalue weighted by atomic mass is 9.95. The Morgan fingerprint density at radius 3 is 2.52 bits per heavy atom. The Labute approximate surface area is 192 Å². The first-order chi connectivity index (χ1) is 15.1. The third kappa shape index (κ3) is 4.40. The van der Waals surface area contributed by atoms with E-state index in [1.54, 1.807) is 24.3 Å². The smallest absolute Gasteiger partial charge is 0.456 e. The molecule has 1 aromatic heterocycles. The van der Waals surface area contributed by atoms with Crippen molar-refractivity contribution in [3.63, 3.8) is 0 Å². The molecule has 0 bridgehead atoms. The first-order valence-electron chi connectivity index (χ1n) is 9.97. The van der Waals surface area contributed by atoms with Crippen molar-refractivity contribution in [2.45, 2.75) is 55.6 Å². The van der Waals surface area contributed by atoms with Crippen LogP contribution in [0.5, 0.6) is 0 Å². The number of carbonyl (C=O) groups excluding carboxylic acids is 3. The molecule has 1 aromatic carbocycles. The Morgan fingerprint density at radius 2 is 1.91 bits per heavy atom. The topological polar surface area (TPSA) is 145 Å². The van der Waals surface area contributed by atoms with E-state index in [4.69, 9.17) is 19.3 Å². The number of halogens is 1. The van der Waals surface area contributed by atoms with Crippen molar-refractivity contribution in [1.29, 1.82) is 0 Å². The van der Waals surface area contributed by atoms with Gasteiger partial charge in [-0.1, -0.05) is 30.3 Å². The summed E-state index contributed by atoms with van der Waals surface area (Å²) in [5.41, 5.74) is 6.66. The summed E-state index contributed by atoms with van der Waals surface area (Å²) in [5.74, 6) is -2.03. The van der Waals surface area contributed by atoms with E-state index in [9.17, 15) is 19.2 Å². The number of carbonyl (C=O) groups is 3. The molecule has 2 amide bonds. The van der Waals surface area contributed by atoms with Crippen molar-refractivity contribution in [3.8, 4) is 0 Å². The van der Waals surface area contributed by atoms with Crippen LogP contribution in [0.2, 0.25) is 0 Å². The lowest BCUT2D eigenvalue weighted by Gasteiger charge is -2.44. The Morgan fingerprint density at radius 1 is 1.24 bits per heavy atom. The molecule has 2 aliphatic rings. The zero-order valence-corrected chi connectivity index (χ0v) is 18.9. The zero-order valence-electron chi connectivity index (χ0n) is 18.1. The summed E-state index contributed by atoms with van der Waals surface area (Å²) < 4.78 is 14.2. The van der Waals surface area contributed by atoms with E-state index in [-0.39, 0.29) is 28.7 Å². The van der Waals surface area contributed by atoms with Crippen molar-refractivity contribution in [2.24, 2.45) is 5.73 Å². The molecule has 2 aromatic rings. The number of aryl methyl sites for hydroxylation is 1. The molecule has 2 aliphatic heterocycles. The number of esters is 1. The van der Waals surface area contributed by atoms with Gasteiger partial charge in [0.15, 0.2) is 18.1 Å². The zero-order chi connectivity index (χ0) is 23.2. The number of ether oxygens (including phenoxy) is 1. The summed E-state index contributed by atoms with van der Waals surface area (Å²) in [5, 5.41) is 2.29. The summed E-state index contributed by atoms with van der Waals surface area (Å²) in [6, 6.07) is 6.30. The molecular formula is C21H24FN3O7S. The van der Waals surface area contributed by atoms with Gasteiger partial charge >= 0.3 is 11.8 Å². The van der Waals surface area contributed by atoms with Gasteiger partial charge in [-0.2, -0.15) is 0 Å². The number of β-lactam (4-membered cyclic amide) rings is 1. The van der Waals surface area contributed by atoms with Crippen molar-refractivity contribution >= 4 is 29.5 Å². The highest BCUT2D eigenvalue weighted by Crippen LogP contribution is 2.51. The normalized spacial score (nSPS) is 23.7. The van der Waals surface area contributed by atoms with Crippen LogP contribution >= 0.6 is 11.8 Å². The summed E-state index contributed by atoms with van der Waals surface area (Å²) in [7, 11) is 0. The van der Waals surface area contributed by atoms with Crippen molar-refractivity contribution in [3.05, 3.63) is 58.0 Å². The van der Waals surface area contributed by atoms with E-state index in [1.165, 1.54) is 23.6 Å². The van der Waals surface area contributed by atoms with Crippen LogP contribution in [-0.2, 0) is 25.7 Å². The van der Waals surface area contributed by atoms with Gasteiger partial charge in [0.1, 0.15) is 23.5 Å². The quantitative estimate of drug-likeness (QED) is 0.455. The molecule has 4 rings (SSSR count). The first-order valence-corrected chi connectivity index (χ1v) is 10.8. The number of thioether (sulfide) groups is 1. The largest absolute Gasteiger partial charge is 0.519 e. The Kier molecular flexibility index (Phi) is 6.70. The maximum Gasteiger partial charge on any atom is 0.519 e. The second-order valence-corrected chi connectivity index (χ2v) is 9.95. The average molecular weight is 482 g/mol. The molecule has 3 N–H and O–H groups in total. The molecule has 0 aliphatic carbocycles. The second-order valence-electron chi connectivity index (χ2n) is 8.18. The summed E-state index contributed by atoms with van der Waals surface area (Å²) >= 11 is 1.40. The Balaban J connectivity index is 0.00000306. The second kappa shape index (κ2) is 9.02. The molecule has 0 saturated carbocycles. The number of hydrogen-bond acceptors (Lipinski definition) is 9. The number of nitrogens with two attached hydrogens (primary N) is 1. The maximum atomic E-state index is 12.8. The number of rotatable bonds is 6. The van der Waals surface area contributed by atoms with E-state index in [1.807, 2.05) is 19.9 Å². The van der Waals surface area contributed by atoms with Crippen molar-refractivity contribution in [1.82, 2.24) is 10.2 Å². The molecule has 4 atom stereocenters. The number of fused-ring (bicyclic) bond motifs is 1. The predicted molar refractivity (Wildman–Crippen MR) is 116 cm³/mol. The van der Waals surface area contributed by atoms with Crippen LogP contribution in [0.3, 0.4) is 0 Å². The first kappa shape index (κ1) is 24.5. The van der Waals surface area contributed by atoms with E-state index in [0.29, 0.717) is 5.56 Å². The van der Waals surface area contributed by atoms with Gasteiger partial charge in [0.2, 0.25) is 11.8 Å². The molecule has 3 heterocycles. The summed E-state index contributed by atoms with van der Waals surface area (Å²) in [6.45, 7) is 4.89. The van der Waals surface area contributed by atoms with Gasteiger partial charge in [-0.25, -0.2) is 9.59 Å². The van der Waals surface area contributed by atoms with Crippen molar-refractivity contribution in [2.75, 3.05) is 0 Å². The third-order valence-electron chi connectivity index (χ3n) is 5.58. The van der Waals surface area contributed by atoms with Gasteiger partial charge in [-0.15, -0.1) is 11.8 Å². The molecule has 0 radical (unpaired) electrons. The molecular weight excluding hydrogens is 457 g/mol. The van der Waals surface area contributed by atoms with Gasteiger partial charge in [0.25, 0.3) is 0 Å². The molecule has 0 spiro atoms. The maximum absolute atomic E-state index is 12.8. The van der Waals surface area contributed by atoms with Crippen LogP contribution in [0.1, 0.15) is 37.0 Å². The number of hydrogen-bond donors (Lipinski definition) is 2. The number of benzene rings is 1. The van der Waals surface area contributed by atoms with Crippen LogP contribution in [0.4, 0.5) is 4.70 Å². The monoisotopic (exact) mass is 481 g/mol. The minimum atomic E-state index is -0.911. The van der Waals surface area contributed by atoms with Gasteiger partial charge in [0, 0.05) is 4.75 Å². The van der Waals surface area contributed by atoms with Gasteiger partial charge in [0.05, 0.1) is 0 Å². The lowest BCUT2D eigenvalue weighted by molar-refractivity contribution is -0.165.